The molecule has 0 aromatic heterocycles. The van der Waals surface area contributed by atoms with Gasteiger partial charge in [-0.1, -0.05) is 12.1 Å². The van der Waals surface area contributed by atoms with Gasteiger partial charge in [0.25, 0.3) is 0 Å². The van der Waals surface area contributed by atoms with E-state index < -0.39 is 6.10 Å². The Morgan fingerprint density at radius 1 is 1.33 bits per heavy atom. The van der Waals surface area contributed by atoms with E-state index in [-0.39, 0.29) is 6.61 Å². The fourth-order valence-electron chi connectivity index (χ4n) is 1.54. The number of aliphatic hydroxyl groups excluding tert-OH is 1. The lowest BCUT2D eigenvalue weighted by atomic mass is 10.3. The number of para-hydroxylation sites is 2. The van der Waals surface area contributed by atoms with Crippen molar-refractivity contribution < 1.29 is 19.4 Å². The highest BCUT2D eigenvalue weighted by atomic mass is 16.6. The Kier molecular flexibility index (Phi) is 4.54. The van der Waals surface area contributed by atoms with E-state index in [9.17, 15) is 5.11 Å². The minimum Gasteiger partial charge on any atom is -0.457 e. The van der Waals surface area contributed by atoms with E-state index in [1.165, 1.54) is 0 Å². The van der Waals surface area contributed by atoms with Gasteiger partial charge in [0.1, 0.15) is 6.26 Å². The van der Waals surface area contributed by atoms with Gasteiger partial charge in [0.05, 0.1) is 19.3 Å². The number of hydrogen-bond acceptors (Lipinski definition) is 6. The van der Waals surface area contributed by atoms with Crippen molar-refractivity contribution in [1.82, 2.24) is 5.32 Å². The zero-order valence-electron chi connectivity index (χ0n) is 9.83. The summed E-state index contributed by atoms with van der Waals surface area (Å²) in [4.78, 5) is 4.33. The minimum absolute atomic E-state index is 0.0895. The SMILES string of the molecule is NOCC(O)CNCC1=COc2ccccc2O1. The lowest BCUT2D eigenvalue weighted by Crippen LogP contribution is -2.33. The summed E-state index contributed by atoms with van der Waals surface area (Å²) in [5.74, 6) is 6.88. The Bertz CT molecular complexity index is 422. The van der Waals surface area contributed by atoms with Crippen molar-refractivity contribution in [2.24, 2.45) is 5.90 Å². The molecule has 1 heterocycles. The topological polar surface area (TPSA) is 86.0 Å². The minimum atomic E-state index is -0.646. The van der Waals surface area contributed by atoms with Gasteiger partial charge in [-0.2, -0.15) is 0 Å². The molecule has 18 heavy (non-hydrogen) atoms. The summed E-state index contributed by atoms with van der Waals surface area (Å²) in [7, 11) is 0. The Morgan fingerprint density at radius 2 is 2.11 bits per heavy atom. The van der Waals surface area contributed by atoms with Crippen molar-refractivity contribution in [1.29, 1.82) is 0 Å². The van der Waals surface area contributed by atoms with Crippen LogP contribution in [-0.2, 0) is 4.84 Å². The van der Waals surface area contributed by atoms with Crippen molar-refractivity contribution in [3.8, 4) is 11.5 Å². The van der Waals surface area contributed by atoms with Crippen LogP contribution in [0.25, 0.3) is 0 Å². The van der Waals surface area contributed by atoms with Gasteiger partial charge in [0.2, 0.25) is 0 Å². The molecule has 6 nitrogen and oxygen atoms in total. The van der Waals surface area contributed by atoms with Gasteiger partial charge < -0.3 is 24.7 Å². The third kappa shape index (κ3) is 3.44. The second-order valence-corrected chi connectivity index (χ2v) is 3.87. The van der Waals surface area contributed by atoms with Crippen LogP contribution in [0, 0.1) is 0 Å². The molecule has 1 aliphatic rings. The van der Waals surface area contributed by atoms with Crippen LogP contribution in [0.15, 0.2) is 36.3 Å². The van der Waals surface area contributed by atoms with Crippen molar-refractivity contribution in [2.75, 3.05) is 19.7 Å². The Labute approximate surface area is 105 Å². The lowest BCUT2D eigenvalue weighted by molar-refractivity contribution is 0.0370. The molecule has 0 amide bonds. The van der Waals surface area contributed by atoms with E-state index >= 15 is 0 Å². The highest BCUT2D eigenvalue weighted by Gasteiger charge is 2.13. The van der Waals surface area contributed by atoms with E-state index in [1.807, 2.05) is 24.3 Å². The number of hydrogen-bond donors (Lipinski definition) is 3. The summed E-state index contributed by atoms with van der Waals surface area (Å²) in [6.45, 7) is 0.905. The molecule has 1 aliphatic heterocycles. The molecule has 0 bridgehead atoms. The van der Waals surface area contributed by atoms with Crippen LogP contribution < -0.4 is 20.7 Å². The van der Waals surface area contributed by atoms with Gasteiger partial charge in [0.15, 0.2) is 17.3 Å². The van der Waals surface area contributed by atoms with Crippen LogP contribution in [0.2, 0.25) is 0 Å². The molecule has 1 unspecified atom stereocenters. The second-order valence-electron chi connectivity index (χ2n) is 3.87. The van der Waals surface area contributed by atoms with Crippen LogP contribution in [0.3, 0.4) is 0 Å². The molecule has 4 N–H and O–H groups in total. The third-order valence-electron chi connectivity index (χ3n) is 2.38. The van der Waals surface area contributed by atoms with Gasteiger partial charge in [0, 0.05) is 6.54 Å². The Morgan fingerprint density at radius 3 is 2.89 bits per heavy atom. The number of nitrogens with one attached hydrogen (secondary N) is 1. The number of rotatable bonds is 6. The van der Waals surface area contributed by atoms with Crippen molar-refractivity contribution in [3.05, 3.63) is 36.3 Å². The maximum Gasteiger partial charge on any atom is 0.169 e. The van der Waals surface area contributed by atoms with E-state index in [4.69, 9.17) is 15.4 Å². The van der Waals surface area contributed by atoms with Crippen LogP contribution >= 0.6 is 0 Å². The summed E-state index contributed by atoms with van der Waals surface area (Å²) in [6, 6.07) is 7.42. The molecule has 0 radical (unpaired) electrons. The molecular formula is C12H16N2O4. The smallest absolute Gasteiger partial charge is 0.169 e. The zero-order chi connectivity index (χ0) is 12.8. The average molecular weight is 252 g/mol. The molecule has 0 aliphatic carbocycles. The highest BCUT2D eigenvalue weighted by molar-refractivity contribution is 5.42. The van der Waals surface area contributed by atoms with Crippen molar-refractivity contribution >= 4 is 0 Å². The van der Waals surface area contributed by atoms with Gasteiger partial charge >= 0.3 is 0 Å². The normalized spacial score (nSPS) is 15.1. The molecule has 0 saturated carbocycles. The first-order valence-corrected chi connectivity index (χ1v) is 5.62. The van der Waals surface area contributed by atoms with Gasteiger partial charge in [-0.15, -0.1) is 0 Å². The Balaban J connectivity index is 1.77. The number of nitrogens with two attached hydrogens (primary N) is 1. The van der Waals surface area contributed by atoms with Crippen LogP contribution in [0.5, 0.6) is 11.5 Å². The molecule has 98 valence electrons. The first-order chi connectivity index (χ1) is 8.79. The van der Waals surface area contributed by atoms with E-state index in [2.05, 4.69) is 10.2 Å². The summed E-state index contributed by atoms with van der Waals surface area (Å²) < 4.78 is 11.0. The van der Waals surface area contributed by atoms with Gasteiger partial charge in [-0.25, -0.2) is 5.90 Å². The van der Waals surface area contributed by atoms with E-state index in [1.54, 1.807) is 6.26 Å². The molecule has 0 saturated heterocycles. The molecule has 2 rings (SSSR count). The van der Waals surface area contributed by atoms with Crippen LogP contribution in [0.4, 0.5) is 0 Å². The number of ether oxygens (including phenoxy) is 2. The molecular weight excluding hydrogens is 236 g/mol. The monoisotopic (exact) mass is 252 g/mol. The summed E-state index contributed by atoms with van der Waals surface area (Å²) in [5, 5.41) is 12.4. The largest absolute Gasteiger partial charge is 0.457 e. The summed E-state index contributed by atoms with van der Waals surface area (Å²) in [6.07, 6.45) is 0.897. The highest BCUT2D eigenvalue weighted by Crippen LogP contribution is 2.31. The maximum absolute atomic E-state index is 9.38. The van der Waals surface area contributed by atoms with Crippen LogP contribution in [0.1, 0.15) is 0 Å². The fraction of sp³-hybridized carbons (Fsp3) is 0.333. The number of benzene rings is 1. The molecule has 0 spiro atoms. The standard InChI is InChI=1S/C12H16N2O4/c13-17-7-9(15)5-14-6-10-8-16-11-3-1-2-4-12(11)18-10/h1-4,8-9,14-15H,5-7,13H2. The predicted molar refractivity (Wildman–Crippen MR) is 64.8 cm³/mol. The quantitative estimate of drug-likeness (QED) is 0.624. The number of fused-ring (bicyclic) bond motifs is 1. The van der Waals surface area contributed by atoms with Crippen molar-refractivity contribution in [2.45, 2.75) is 6.10 Å². The van der Waals surface area contributed by atoms with E-state index in [0.29, 0.717) is 30.3 Å². The molecule has 1 aromatic carbocycles. The Hall–Kier alpha value is -1.60. The molecule has 1 atom stereocenters. The van der Waals surface area contributed by atoms with Crippen LogP contribution in [-0.4, -0.2) is 30.9 Å². The van der Waals surface area contributed by atoms with E-state index in [0.717, 1.165) is 0 Å². The molecule has 6 heteroatoms. The van der Waals surface area contributed by atoms with Gasteiger partial charge in [-0.05, 0) is 12.1 Å². The number of aliphatic hydroxyl groups is 1. The summed E-state index contributed by atoms with van der Waals surface area (Å²) in [5.41, 5.74) is 0. The predicted octanol–water partition coefficient (Wildman–Crippen LogP) is 0.140. The summed E-state index contributed by atoms with van der Waals surface area (Å²) >= 11 is 0. The van der Waals surface area contributed by atoms with Gasteiger partial charge in [-0.3, -0.25) is 0 Å². The first kappa shape index (κ1) is 12.8. The second kappa shape index (κ2) is 6.36. The third-order valence-corrected chi connectivity index (χ3v) is 2.38. The first-order valence-electron chi connectivity index (χ1n) is 5.62. The van der Waals surface area contributed by atoms with Crippen molar-refractivity contribution in [3.63, 3.8) is 0 Å². The zero-order valence-corrected chi connectivity index (χ0v) is 9.83. The molecule has 1 aromatic rings. The maximum atomic E-state index is 9.38. The molecule has 0 fully saturated rings. The lowest BCUT2D eigenvalue weighted by Gasteiger charge is -2.18. The fourth-order valence-corrected chi connectivity index (χ4v) is 1.54. The average Bonchev–Trinajstić information content (AvgIpc) is 2.39.